The number of sulfone groups is 1. The number of amides is 1. The zero-order chi connectivity index (χ0) is 21.9. The van der Waals surface area contributed by atoms with Gasteiger partial charge in [-0.3, -0.25) is 4.79 Å². The van der Waals surface area contributed by atoms with Crippen LogP contribution in [0.4, 0.5) is 8.78 Å². The smallest absolute Gasteiger partial charge is 0.248 e. The molecular weight excluding hydrogens is 454 g/mol. The van der Waals surface area contributed by atoms with E-state index in [9.17, 15) is 22.0 Å². The van der Waals surface area contributed by atoms with Gasteiger partial charge in [0.15, 0.2) is 20.5 Å². The molecule has 1 heterocycles. The Balaban J connectivity index is 1.79. The fourth-order valence-electron chi connectivity index (χ4n) is 2.79. The Bertz CT molecular complexity index is 1320. The lowest BCUT2D eigenvalue weighted by Crippen LogP contribution is -2.17. The number of hydrogen-bond donors (Lipinski definition) is 0. The average molecular weight is 469 g/mol. The highest BCUT2D eigenvalue weighted by Gasteiger charge is 2.16. The van der Waals surface area contributed by atoms with Crippen molar-refractivity contribution in [1.29, 1.82) is 0 Å². The zero-order valence-corrected chi connectivity index (χ0v) is 17.8. The number of benzene rings is 2. The van der Waals surface area contributed by atoms with Crippen LogP contribution in [-0.2, 0) is 21.2 Å². The van der Waals surface area contributed by atoms with Crippen LogP contribution in [0.3, 0.4) is 0 Å². The van der Waals surface area contributed by atoms with Gasteiger partial charge >= 0.3 is 0 Å². The molecule has 0 fully saturated rings. The maximum Gasteiger partial charge on any atom is 0.248 e. The maximum absolute atomic E-state index is 14.2. The van der Waals surface area contributed by atoms with Crippen LogP contribution in [0.15, 0.2) is 46.3 Å². The molecule has 0 radical (unpaired) electrons. The monoisotopic (exact) mass is 468 g/mol. The molecule has 0 saturated carbocycles. The van der Waals surface area contributed by atoms with Crippen LogP contribution in [0, 0.1) is 24.0 Å². The van der Waals surface area contributed by atoms with Gasteiger partial charge < -0.3 is 4.57 Å². The van der Waals surface area contributed by atoms with Crippen LogP contribution in [0.5, 0.6) is 0 Å². The number of thiazole rings is 1. The van der Waals surface area contributed by atoms with Crippen LogP contribution in [0.2, 0.25) is 5.02 Å². The van der Waals surface area contributed by atoms with E-state index in [1.807, 2.05) is 0 Å². The largest absolute Gasteiger partial charge is 0.302 e. The fourth-order valence-corrected chi connectivity index (χ4v) is 5.31. The first-order valence-corrected chi connectivity index (χ1v) is 11.5. The number of rotatable bonds is 6. The van der Waals surface area contributed by atoms with Crippen LogP contribution >= 0.6 is 22.9 Å². The van der Waals surface area contributed by atoms with Crippen molar-refractivity contribution in [2.75, 3.05) is 5.75 Å². The molecule has 1 aromatic heterocycles. The molecule has 3 aromatic rings. The number of halogens is 3. The van der Waals surface area contributed by atoms with Crippen molar-refractivity contribution in [3.05, 3.63) is 57.9 Å². The Labute approximate surface area is 180 Å². The van der Waals surface area contributed by atoms with E-state index in [0.29, 0.717) is 5.02 Å². The van der Waals surface area contributed by atoms with Crippen molar-refractivity contribution in [2.45, 2.75) is 24.3 Å². The van der Waals surface area contributed by atoms with Gasteiger partial charge in [0.25, 0.3) is 0 Å². The van der Waals surface area contributed by atoms with Crippen molar-refractivity contribution < 1.29 is 22.0 Å². The topological polar surface area (TPSA) is 68.5 Å². The number of carbonyl (C=O) groups excluding carboxylic acids is 1. The Morgan fingerprint density at radius 2 is 1.93 bits per heavy atom. The summed E-state index contributed by atoms with van der Waals surface area (Å²) in [5.74, 6) is -0.0318. The van der Waals surface area contributed by atoms with Crippen LogP contribution < -0.4 is 4.80 Å². The molecule has 2 aromatic carbocycles. The molecule has 5 nitrogen and oxygen atoms in total. The van der Waals surface area contributed by atoms with Crippen molar-refractivity contribution in [3.63, 3.8) is 0 Å². The summed E-state index contributed by atoms with van der Waals surface area (Å²) in [7, 11) is -3.57. The van der Waals surface area contributed by atoms with Crippen LogP contribution in [0.1, 0.15) is 12.8 Å². The molecule has 0 atom stereocenters. The molecule has 30 heavy (non-hydrogen) atoms. The van der Waals surface area contributed by atoms with Crippen LogP contribution in [-0.4, -0.2) is 24.6 Å². The van der Waals surface area contributed by atoms with E-state index in [-0.39, 0.29) is 45.1 Å². The molecule has 0 N–H and O–H groups in total. The van der Waals surface area contributed by atoms with Gasteiger partial charge in [-0.2, -0.15) is 4.99 Å². The second-order valence-corrected chi connectivity index (χ2v) is 9.85. The summed E-state index contributed by atoms with van der Waals surface area (Å²) in [6.45, 7) is -0.0559. The molecule has 3 rings (SSSR count). The third-order valence-corrected chi connectivity index (χ3v) is 7.24. The van der Waals surface area contributed by atoms with E-state index in [0.717, 1.165) is 23.5 Å². The normalized spacial score (nSPS) is 12.3. The standard InChI is InChI=1S/C20H15ClF2N2O3S2/c1-2-9-25-19-16(23)11-14(22)12-17(19)29-20(25)24-18(26)4-3-10-30(27,28)15-7-5-13(21)6-8-15/h1,5-8,11-12H,3-4,9-10H2. The van der Waals surface area contributed by atoms with E-state index in [2.05, 4.69) is 10.9 Å². The van der Waals surface area contributed by atoms with E-state index >= 15 is 0 Å². The SMILES string of the molecule is C#CCn1c(=NC(=O)CCCS(=O)(=O)c2ccc(Cl)cc2)sc2cc(F)cc(F)c21. The number of hydrogen-bond acceptors (Lipinski definition) is 4. The van der Waals surface area contributed by atoms with Gasteiger partial charge in [0.2, 0.25) is 5.91 Å². The summed E-state index contributed by atoms with van der Waals surface area (Å²) in [6.07, 6.45) is 5.24. The van der Waals surface area contributed by atoms with E-state index in [1.165, 1.54) is 28.8 Å². The minimum atomic E-state index is -3.57. The molecule has 0 aliphatic rings. The Morgan fingerprint density at radius 1 is 1.23 bits per heavy atom. The van der Waals surface area contributed by atoms with Crippen molar-refractivity contribution in [2.24, 2.45) is 4.99 Å². The van der Waals surface area contributed by atoms with Gasteiger partial charge in [0.05, 0.1) is 27.4 Å². The van der Waals surface area contributed by atoms with Crippen molar-refractivity contribution in [3.8, 4) is 12.3 Å². The molecule has 0 unspecified atom stereocenters. The molecule has 156 valence electrons. The van der Waals surface area contributed by atoms with Gasteiger partial charge in [0, 0.05) is 17.5 Å². The maximum atomic E-state index is 14.2. The van der Waals surface area contributed by atoms with Gasteiger partial charge in [-0.25, -0.2) is 17.2 Å². The number of nitrogens with zero attached hydrogens (tertiary/aromatic N) is 2. The first-order chi connectivity index (χ1) is 14.2. The zero-order valence-electron chi connectivity index (χ0n) is 15.4. The predicted octanol–water partition coefficient (Wildman–Crippen LogP) is 3.95. The molecular formula is C20H15ClF2N2O3S2. The quantitative estimate of drug-likeness (QED) is 0.514. The Morgan fingerprint density at radius 3 is 2.60 bits per heavy atom. The Kier molecular flexibility index (Phi) is 6.71. The minimum absolute atomic E-state index is 0.0519. The van der Waals surface area contributed by atoms with Crippen molar-refractivity contribution >= 4 is 48.9 Å². The molecule has 0 bridgehead atoms. The molecule has 0 aliphatic heterocycles. The summed E-state index contributed by atoms with van der Waals surface area (Å²) in [5, 5.41) is 0.419. The van der Waals surface area contributed by atoms with Gasteiger partial charge in [0.1, 0.15) is 5.82 Å². The number of terminal acetylenes is 1. The number of aromatic nitrogens is 1. The summed E-state index contributed by atoms with van der Waals surface area (Å²) in [6, 6.07) is 7.62. The van der Waals surface area contributed by atoms with Gasteiger partial charge in [-0.05, 0) is 36.8 Å². The summed E-state index contributed by atoms with van der Waals surface area (Å²) in [5.41, 5.74) is 0.0659. The highest BCUT2D eigenvalue weighted by atomic mass is 35.5. The van der Waals surface area contributed by atoms with E-state index < -0.39 is 27.4 Å². The lowest BCUT2D eigenvalue weighted by atomic mass is 10.3. The van der Waals surface area contributed by atoms with Crippen molar-refractivity contribution in [1.82, 2.24) is 4.57 Å². The lowest BCUT2D eigenvalue weighted by molar-refractivity contribution is -0.118. The molecule has 1 amide bonds. The molecule has 0 spiro atoms. The Hall–Kier alpha value is -2.54. The third kappa shape index (κ3) is 4.95. The minimum Gasteiger partial charge on any atom is -0.302 e. The fraction of sp³-hybridized carbons (Fsp3) is 0.200. The van der Waals surface area contributed by atoms with E-state index in [1.54, 1.807) is 0 Å². The average Bonchev–Trinajstić information content (AvgIpc) is 2.99. The van der Waals surface area contributed by atoms with Gasteiger partial charge in [-0.1, -0.05) is 28.9 Å². The second-order valence-electron chi connectivity index (χ2n) is 6.29. The molecule has 0 saturated heterocycles. The number of carbonyl (C=O) groups is 1. The molecule has 10 heteroatoms. The highest BCUT2D eigenvalue weighted by molar-refractivity contribution is 7.91. The predicted molar refractivity (Wildman–Crippen MR) is 112 cm³/mol. The third-order valence-electron chi connectivity index (χ3n) is 4.14. The lowest BCUT2D eigenvalue weighted by Gasteiger charge is -2.04. The highest BCUT2D eigenvalue weighted by Crippen LogP contribution is 2.22. The van der Waals surface area contributed by atoms with Gasteiger partial charge in [-0.15, -0.1) is 6.42 Å². The first kappa shape index (κ1) is 22.2. The molecule has 0 aliphatic carbocycles. The van der Waals surface area contributed by atoms with Crippen LogP contribution in [0.25, 0.3) is 10.2 Å². The first-order valence-electron chi connectivity index (χ1n) is 8.69. The number of fused-ring (bicyclic) bond motifs is 1. The van der Waals surface area contributed by atoms with E-state index in [4.69, 9.17) is 18.0 Å². The second kappa shape index (κ2) is 9.08. The summed E-state index contributed by atoms with van der Waals surface area (Å²) in [4.78, 5) is 16.4. The summed E-state index contributed by atoms with van der Waals surface area (Å²) < 4.78 is 53.9. The summed E-state index contributed by atoms with van der Waals surface area (Å²) >= 11 is 6.68.